The molecule has 0 spiro atoms. The maximum atomic E-state index is 3.74. The van der Waals surface area contributed by atoms with Gasteiger partial charge in [-0.05, 0) is 36.1 Å². The summed E-state index contributed by atoms with van der Waals surface area (Å²) in [7, 11) is 3.74. The van der Waals surface area contributed by atoms with Gasteiger partial charge in [0.2, 0.25) is 0 Å². The van der Waals surface area contributed by atoms with Gasteiger partial charge < -0.3 is 0 Å². The SMILES string of the molecule is CC1=C(C)C([Si])c2ccccc21.[Ti]. The molecule has 0 nitrogen and oxygen atoms in total. The van der Waals surface area contributed by atoms with Crippen molar-refractivity contribution in [3.8, 4) is 0 Å². The first kappa shape index (κ1) is 11.0. The third-order valence-corrected chi connectivity index (χ3v) is 3.44. The van der Waals surface area contributed by atoms with Crippen molar-refractivity contribution in [2.75, 3.05) is 0 Å². The maximum Gasteiger partial charge on any atom is 0.0392 e. The largest absolute Gasteiger partial charge is 0.0658 e. The van der Waals surface area contributed by atoms with E-state index in [0.717, 1.165) is 0 Å². The molecule has 0 amide bonds. The molecule has 1 aromatic rings. The second-order valence-corrected chi connectivity index (χ2v) is 3.91. The summed E-state index contributed by atoms with van der Waals surface area (Å²) < 4.78 is 0. The minimum Gasteiger partial charge on any atom is -0.0658 e. The van der Waals surface area contributed by atoms with E-state index in [2.05, 4.69) is 48.4 Å². The van der Waals surface area contributed by atoms with Crippen LogP contribution in [0.25, 0.3) is 5.57 Å². The van der Waals surface area contributed by atoms with Crippen molar-refractivity contribution < 1.29 is 21.7 Å². The van der Waals surface area contributed by atoms with E-state index in [1.165, 1.54) is 22.3 Å². The minimum absolute atomic E-state index is 0. The number of fused-ring (bicyclic) bond motifs is 1. The summed E-state index contributed by atoms with van der Waals surface area (Å²) in [6, 6.07) is 8.57. The summed E-state index contributed by atoms with van der Waals surface area (Å²) in [5, 5.41) is 0. The van der Waals surface area contributed by atoms with Crippen molar-refractivity contribution in [1.29, 1.82) is 0 Å². The smallest absolute Gasteiger partial charge is 0.0392 e. The van der Waals surface area contributed by atoms with Gasteiger partial charge in [0.15, 0.2) is 0 Å². The van der Waals surface area contributed by atoms with E-state index in [1.807, 2.05) is 0 Å². The van der Waals surface area contributed by atoms with Gasteiger partial charge in [0.25, 0.3) is 0 Å². The molecular formula is C11H11SiTi. The topological polar surface area (TPSA) is 0 Å². The fourth-order valence-electron chi connectivity index (χ4n) is 1.75. The number of rotatable bonds is 0. The zero-order valence-corrected chi connectivity index (χ0v) is 10.4. The van der Waals surface area contributed by atoms with Gasteiger partial charge in [-0.3, -0.25) is 0 Å². The summed E-state index contributed by atoms with van der Waals surface area (Å²) in [5.74, 6) is 0. The molecule has 1 aliphatic rings. The molecule has 0 fully saturated rings. The zero-order chi connectivity index (χ0) is 8.72. The summed E-state index contributed by atoms with van der Waals surface area (Å²) >= 11 is 0. The predicted octanol–water partition coefficient (Wildman–Crippen LogP) is 2.70. The van der Waals surface area contributed by atoms with Gasteiger partial charge in [0, 0.05) is 32.0 Å². The maximum absolute atomic E-state index is 3.74. The monoisotopic (exact) mass is 219 g/mol. The van der Waals surface area contributed by atoms with E-state index in [0.29, 0.717) is 5.54 Å². The second-order valence-electron chi connectivity index (χ2n) is 3.33. The van der Waals surface area contributed by atoms with Crippen LogP contribution < -0.4 is 0 Å². The third-order valence-electron chi connectivity index (χ3n) is 2.70. The summed E-state index contributed by atoms with van der Waals surface area (Å²) in [6.45, 7) is 4.38. The predicted molar refractivity (Wildman–Crippen MR) is 53.2 cm³/mol. The molecule has 0 heterocycles. The molecule has 0 saturated heterocycles. The standard InChI is InChI=1S/C11H11Si.Ti/c1-7-8(2)11(12)10-6-4-3-5-9(7)10;/h3-6,11H,1-2H3;. The Morgan fingerprint density at radius 3 is 2.38 bits per heavy atom. The molecule has 2 heteroatoms. The average molecular weight is 219 g/mol. The Labute approximate surface area is 97.7 Å². The Kier molecular flexibility index (Phi) is 3.33. The van der Waals surface area contributed by atoms with Crippen LogP contribution in [-0.2, 0) is 21.7 Å². The van der Waals surface area contributed by atoms with Crippen LogP contribution in [0.4, 0.5) is 0 Å². The van der Waals surface area contributed by atoms with Crippen LogP contribution in [0.2, 0.25) is 0 Å². The van der Waals surface area contributed by atoms with Gasteiger partial charge in [-0.2, -0.15) is 0 Å². The van der Waals surface area contributed by atoms with Gasteiger partial charge in [0.1, 0.15) is 0 Å². The normalized spacial score (nSPS) is 19.8. The van der Waals surface area contributed by atoms with Crippen molar-refractivity contribution in [2.24, 2.45) is 0 Å². The first-order chi connectivity index (χ1) is 5.72. The third kappa shape index (κ3) is 1.61. The van der Waals surface area contributed by atoms with Crippen LogP contribution in [0.1, 0.15) is 30.5 Å². The van der Waals surface area contributed by atoms with Crippen molar-refractivity contribution in [3.63, 3.8) is 0 Å². The summed E-state index contributed by atoms with van der Waals surface area (Å²) in [5.41, 5.74) is 6.10. The van der Waals surface area contributed by atoms with Crippen molar-refractivity contribution in [2.45, 2.75) is 19.4 Å². The zero-order valence-electron chi connectivity index (χ0n) is 7.89. The van der Waals surface area contributed by atoms with E-state index >= 15 is 0 Å². The first-order valence-corrected chi connectivity index (χ1v) is 4.77. The number of hydrogen-bond donors (Lipinski definition) is 0. The number of benzene rings is 1. The molecule has 3 radical (unpaired) electrons. The molecule has 13 heavy (non-hydrogen) atoms. The molecule has 2 rings (SSSR count). The molecule has 63 valence electrons. The van der Waals surface area contributed by atoms with E-state index < -0.39 is 0 Å². The van der Waals surface area contributed by atoms with Crippen LogP contribution in [0.5, 0.6) is 0 Å². The molecule has 0 aliphatic heterocycles. The Morgan fingerprint density at radius 2 is 1.77 bits per heavy atom. The van der Waals surface area contributed by atoms with Crippen LogP contribution in [0, 0.1) is 0 Å². The first-order valence-electron chi connectivity index (χ1n) is 4.19. The van der Waals surface area contributed by atoms with Gasteiger partial charge in [-0.25, -0.2) is 0 Å². The molecule has 1 unspecified atom stereocenters. The molecule has 1 aromatic carbocycles. The summed E-state index contributed by atoms with van der Waals surface area (Å²) in [6.07, 6.45) is 0. The molecule has 1 atom stereocenters. The van der Waals surface area contributed by atoms with Gasteiger partial charge >= 0.3 is 0 Å². The van der Waals surface area contributed by atoms with E-state index in [9.17, 15) is 0 Å². The Hall–Kier alpha value is -0.109. The van der Waals surface area contributed by atoms with Gasteiger partial charge in [-0.1, -0.05) is 29.8 Å². The second kappa shape index (κ2) is 3.95. The Bertz CT molecular complexity index is 355. The number of allylic oxidation sites excluding steroid dienone is 2. The Morgan fingerprint density at radius 1 is 1.15 bits per heavy atom. The molecule has 0 aromatic heterocycles. The van der Waals surface area contributed by atoms with Gasteiger partial charge in [0.05, 0.1) is 0 Å². The van der Waals surface area contributed by atoms with E-state index in [1.54, 1.807) is 0 Å². The van der Waals surface area contributed by atoms with Crippen LogP contribution in [0.15, 0.2) is 29.8 Å². The number of hydrogen-bond acceptors (Lipinski definition) is 0. The molecule has 0 N–H and O–H groups in total. The molecule has 0 saturated carbocycles. The Balaban J connectivity index is 0.000000845. The molecular weight excluding hydrogens is 208 g/mol. The molecule has 1 aliphatic carbocycles. The fourth-order valence-corrected chi connectivity index (χ4v) is 2.22. The molecule has 0 bridgehead atoms. The van der Waals surface area contributed by atoms with E-state index in [-0.39, 0.29) is 21.7 Å². The van der Waals surface area contributed by atoms with E-state index in [4.69, 9.17) is 0 Å². The van der Waals surface area contributed by atoms with Crippen LogP contribution in [-0.4, -0.2) is 10.2 Å². The van der Waals surface area contributed by atoms with Crippen molar-refractivity contribution >= 4 is 15.8 Å². The van der Waals surface area contributed by atoms with Crippen molar-refractivity contribution in [3.05, 3.63) is 41.0 Å². The van der Waals surface area contributed by atoms with Crippen molar-refractivity contribution in [1.82, 2.24) is 0 Å². The van der Waals surface area contributed by atoms with Crippen LogP contribution in [0.3, 0.4) is 0 Å². The quantitative estimate of drug-likeness (QED) is 0.588. The fraction of sp³-hybridized carbons (Fsp3) is 0.273. The van der Waals surface area contributed by atoms with Gasteiger partial charge in [-0.15, -0.1) is 0 Å². The van der Waals surface area contributed by atoms with Crippen LogP contribution >= 0.6 is 0 Å². The average Bonchev–Trinajstić information content (AvgIpc) is 2.33. The minimum atomic E-state index is 0. The summed E-state index contributed by atoms with van der Waals surface area (Å²) in [4.78, 5) is 0.